The van der Waals surface area contributed by atoms with Crippen molar-refractivity contribution in [1.29, 1.82) is 0 Å². The zero-order chi connectivity index (χ0) is 10.8. The minimum atomic E-state index is -0.517. The molecule has 1 aliphatic rings. The van der Waals surface area contributed by atoms with Crippen LogP contribution in [0.25, 0.3) is 0 Å². The number of nitrogens with zero attached hydrogens (tertiary/aromatic N) is 1. The van der Waals surface area contributed by atoms with Gasteiger partial charge in [0.25, 0.3) is 0 Å². The van der Waals surface area contributed by atoms with E-state index < -0.39 is 11.6 Å². The predicted molar refractivity (Wildman–Crippen MR) is 56.0 cm³/mol. The van der Waals surface area contributed by atoms with Crippen LogP contribution in [0.3, 0.4) is 0 Å². The summed E-state index contributed by atoms with van der Waals surface area (Å²) in [5, 5.41) is 3.28. The predicted octanol–water partition coefficient (Wildman–Crippen LogP) is 1.76. The van der Waals surface area contributed by atoms with Crippen molar-refractivity contribution in [3.8, 4) is 0 Å². The summed E-state index contributed by atoms with van der Waals surface area (Å²) in [7, 11) is 0. The van der Waals surface area contributed by atoms with E-state index in [1.165, 1.54) is 12.1 Å². The molecule has 0 radical (unpaired) electrons. The topological polar surface area (TPSA) is 15.3 Å². The van der Waals surface area contributed by atoms with Crippen molar-refractivity contribution in [2.75, 3.05) is 24.5 Å². The van der Waals surface area contributed by atoms with Crippen LogP contribution in [0.1, 0.15) is 6.92 Å². The maximum atomic E-state index is 13.0. The highest BCUT2D eigenvalue weighted by molar-refractivity contribution is 5.47. The molecule has 1 fully saturated rings. The van der Waals surface area contributed by atoms with Gasteiger partial charge in [0, 0.05) is 37.4 Å². The van der Waals surface area contributed by atoms with Gasteiger partial charge in [0.15, 0.2) is 0 Å². The maximum Gasteiger partial charge on any atom is 0.128 e. The fourth-order valence-corrected chi connectivity index (χ4v) is 1.89. The molecular formula is C11H14F2N2. The maximum absolute atomic E-state index is 13.0. The van der Waals surface area contributed by atoms with Crippen molar-refractivity contribution < 1.29 is 8.78 Å². The van der Waals surface area contributed by atoms with Crippen LogP contribution in [-0.4, -0.2) is 25.7 Å². The second-order valence-corrected chi connectivity index (χ2v) is 3.93. The molecule has 0 amide bonds. The average Bonchev–Trinajstić information content (AvgIpc) is 2.16. The van der Waals surface area contributed by atoms with Gasteiger partial charge in [-0.05, 0) is 19.1 Å². The Hall–Kier alpha value is -1.16. The molecule has 0 bridgehead atoms. The first kappa shape index (κ1) is 10.4. The Kier molecular flexibility index (Phi) is 2.86. The quantitative estimate of drug-likeness (QED) is 0.763. The van der Waals surface area contributed by atoms with Crippen molar-refractivity contribution in [3.05, 3.63) is 29.8 Å². The Morgan fingerprint density at radius 3 is 2.53 bits per heavy atom. The zero-order valence-electron chi connectivity index (χ0n) is 8.63. The van der Waals surface area contributed by atoms with Gasteiger partial charge in [0.2, 0.25) is 0 Å². The molecule has 1 heterocycles. The van der Waals surface area contributed by atoms with E-state index in [0.29, 0.717) is 11.7 Å². The number of hydrogen-bond acceptors (Lipinski definition) is 2. The lowest BCUT2D eigenvalue weighted by molar-refractivity contribution is 0.482. The molecule has 1 unspecified atom stereocenters. The van der Waals surface area contributed by atoms with Gasteiger partial charge in [-0.3, -0.25) is 0 Å². The molecule has 0 aromatic heterocycles. The van der Waals surface area contributed by atoms with Gasteiger partial charge in [-0.1, -0.05) is 0 Å². The largest absolute Gasteiger partial charge is 0.369 e. The van der Waals surface area contributed by atoms with Gasteiger partial charge in [0.1, 0.15) is 11.6 Å². The Bertz CT molecular complexity index is 334. The number of hydrogen-bond donors (Lipinski definition) is 1. The van der Waals surface area contributed by atoms with Crippen molar-refractivity contribution in [2.45, 2.75) is 13.0 Å². The summed E-state index contributed by atoms with van der Waals surface area (Å²) in [6, 6.07) is 4.00. The highest BCUT2D eigenvalue weighted by atomic mass is 19.1. The lowest BCUT2D eigenvalue weighted by Gasteiger charge is -2.33. The normalized spacial score (nSPS) is 21.8. The Balaban J connectivity index is 2.20. The van der Waals surface area contributed by atoms with Gasteiger partial charge in [-0.25, -0.2) is 8.78 Å². The lowest BCUT2D eigenvalue weighted by Crippen LogP contribution is -2.49. The van der Waals surface area contributed by atoms with Crippen LogP contribution in [0.4, 0.5) is 14.5 Å². The highest BCUT2D eigenvalue weighted by Crippen LogP contribution is 2.19. The first-order valence-corrected chi connectivity index (χ1v) is 5.09. The van der Waals surface area contributed by atoms with E-state index in [4.69, 9.17) is 0 Å². The van der Waals surface area contributed by atoms with Gasteiger partial charge < -0.3 is 10.2 Å². The summed E-state index contributed by atoms with van der Waals surface area (Å²) in [6.07, 6.45) is 0. The SMILES string of the molecule is CC1CN(c2cc(F)cc(F)c2)CCN1. The zero-order valence-corrected chi connectivity index (χ0v) is 8.63. The van der Waals surface area contributed by atoms with Crippen molar-refractivity contribution >= 4 is 5.69 Å². The Morgan fingerprint density at radius 1 is 1.27 bits per heavy atom. The fraction of sp³-hybridized carbons (Fsp3) is 0.455. The molecule has 1 aliphatic heterocycles. The molecular weight excluding hydrogens is 198 g/mol. The number of halogens is 2. The molecule has 0 aliphatic carbocycles. The van der Waals surface area contributed by atoms with Gasteiger partial charge in [-0.2, -0.15) is 0 Å². The number of rotatable bonds is 1. The summed E-state index contributed by atoms with van der Waals surface area (Å²) in [4.78, 5) is 1.99. The second kappa shape index (κ2) is 4.14. The molecule has 82 valence electrons. The van der Waals surface area contributed by atoms with Crippen molar-refractivity contribution in [3.63, 3.8) is 0 Å². The molecule has 1 aromatic rings. The third kappa shape index (κ3) is 2.45. The van der Waals surface area contributed by atoms with Gasteiger partial charge in [0.05, 0.1) is 0 Å². The monoisotopic (exact) mass is 212 g/mol. The number of benzene rings is 1. The van der Waals surface area contributed by atoms with Crippen molar-refractivity contribution in [1.82, 2.24) is 5.32 Å². The number of nitrogens with one attached hydrogen (secondary N) is 1. The van der Waals surface area contributed by atoms with Crippen LogP contribution < -0.4 is 10.2 Å². The number of anilines is 1. The molecule has 4 heteroatoms. The Labute approximate surface area is 87.9 Å². The van der Waals surface area contributed by atoms with Crippen LogP contribution in [0.5, 0.6) is 0 Å². The lowest BCUT2D eigenvalue weighted by atomic mass is 10.2. The molecule has 2 nitrogen and oxygen atoms in total. The summed E-state index contributed by atoms with van der Waals surface area (Å²) in [6.45, 7) is 4.47. The van der Waals surface area contributed by atoms with Crippen LogP contribution in [0.2, 0.25) is 0 Å². The first-order chi connectivity index (χ1) is 7.15. The summed E-state index contributed by atoms with van der Waals surface area (Å²) in [5.41, 5.74) is 0.626. The minimum Gasteiger partial charge on any atom is -0.369 e. The van der Waals surface area contributed by atoms with Crippen LogP contribution in [-0.2, 0) is 0 Å². The van der Waals surface area contributed by atoms with E-state index in [0.717, 1.165) is 25.7 Å². The summed E-state index contributed by atoms with van der Waals surface area (Å²) in [5.74, 6) is -1.03. The molecule has 0 spiro atoms. The van der Waals surface area contributed by atoms with Crippen LogP contribution in [0.15, 0.2) is 18.2 Å². The minimum absolute atomic E-state index is 0.352. The second-order valence-electron chi connectivity index (χ2n) is 3.93. The van der Waals surface area contributed by atoms with E-state index in [2.05, 4.69) is 12.2 Å². The molecule has 1 N–H and O–H groups in total. The fourth-order valence-electron chi connectivity index (χ4n) is 1.89. The molecule has 1 aromatic carbocycles. The first-order valence-electron chi connectivity index (χ1n) is 5.09. The van der Waals surface area contributed by atoms with E-state index in [9.17, 15) is 8.78 Å². The molecule has 2 rings (SSSR count). The smallest absolute Gasteiger partial charge is 0.128 e. The van der Waals surface area contributed by atoms with E-state index >= 15 is 0 Å². The summed E-state index contributed by atoms with van der Waals surface area (Å²) >= 11 is 0. The van der Waals surface area contributed by atoms with Crippen molar-refractivity contribution in [2.24, 2.45) is 0 Å². The van der Waals surface area contributed by atoms with Gasteiger partial charge >= 0.3 is 0 Å². The van der Waals surface area contributed by atoms with Gasteiger partial charge in [-0.15, -0.1) is 0 Å². The van der Waals surface area contributed by atoms with E-state index in [-0.39, 0.29) is 0 Å². The average molecular weight is 212 g/mol. The molecule has 0 saturated carbocycles. The van der Waals surface area contributed by atoms with Crippen LogP contribution >= 0.6 is 0 Å². The molecule has 1 atom stereocenters. The third-order valence-electron chi connectivity index (χ3n) is 2.58. The Morgan fingerprint density at radius 2 is 1.93 bits per heavy atom. The standard InChI is InChI=1S/C11H14F2N2/c1-8-7-15(3-2-14-8)11-5-9(12)4-10(13)6-11/h4-6,8,14H,2-3,7H2,1H3. The molecule has 15 heavy (non-hydrogen) atoms. The molecule has 1 saturated heterocycles. The summed E-state index contributed by atoms with van der Waals surface area (Å²) < 4.78 is 26.0. The highest BCUT2D eigenvalue weighted by Gasteiger charge is 2.16. The third-order valence-corrected chi connectivity index (χ3v) is 2.58. The van der Waals surface area contributed by atoms with Crippen LogP contribution in [0, 0.1) is 11.6 Å². The van der Waals surface area contributed by atoms with E-state index in [1.54, 1.807) is 0 Å². The van der Waals surface area contributed by atoms with E-state index in [1.807, 2.05) is 4.90 Å². The number of piperazine rings is 1.